The molecule has 0 spiro atoms. The molecule has 3 heterocycles. The molecular weight excluding hydrogens is 427 g/mol. The Morgan fingerprint density at radius 1 is 1.03 bits per heavy atom. The Labute approximate surface area is 180 Å². The second kappa shape index (κ2) is 8.77. The number of rotatable bonds is 4. The van der Waals surface area contributed by atoms with Crippen molar-refractivity contribution in [3.8, 4) is 11.6 Å². The maximum atomic E-state index is 12.7. The number of alkyl halides is 3. The van der Waals surface area contributed by atoms with Gasteiger partial charge in [0.25, 0.3) is 11.8 Å². The summed E-state index contributed by atoms with van der Waals surface area (Å²) in [5, 5.41) is 10.2. The minimum absolute atomic E-state index is 0.0427. The highest BCUT2D eigenvalue weighted by Crippen LogP contribution is 2.29. The lowest BCUT2D eigenvalue weighted by Gasteiger charge is -2.31. The molecule has 0 unspecified atom stereocenters. The Morgan fingerprint density at radius 3 is 2.38 bits per heavy atom. The van der Waals surface area contributed by atoms with Gasteiger partial charge in [-0.1, -0.05) is 11.2 Å². The number of hydrogen-bond acceptors (Lipinski definition) is 6. The molecule has 1 fully saturated rings. The molecule has 1 aliphatic heterocycles. The third-order valence-electron chi connectivity index (χ3n) is 5.15. The van der Waals surface area contributed by atoms with Crippen LogP contribution in [0.2, 0.25) is 0 Å². The molecule has 1 aromatic carbocycles. The first-order chi connectivity index (χ1) is 15.3. The number of likely N-dealkylation sites (tertiary alicyclic amines) is 1. The maximum Gasteiger partial charge on any atom is 0.416 e. The van der Waals surface area contributed by atoms with Crippen molar-refractivity contribution in [1.82, 2.24) is 20.1 Å². The van der Waals surface area contributed by atoms with Crippen molar-refractivity contribution in [1.29, 1.82) is 0 Å². The predicted molar refractivity (Wildman–Crippen MR) is 106 cm³/mol. The lowest BCUT2D eigenvalue weighted by atomic mass is 9.95. The summed E-state index contributed by atoms with van der Waals surface area (Å²) in [4.78, 5) is 30.7. The first-order valence-corrected chi connectivity index (χ1v) is 9.83. The lowest BCUT2D eigenvalue weighted by molar-refractivity contribution is -0.137. The first-order valence-electron chi connectivity index (χ1n) is 9.83. The van der Waals surface area contributed by atoms with Crippen molar-refractivity contribution >= 4 is 17.8 Å². The molecule has 3 aromatic rings. The molecule has 4 rings (SSSR count). The normalized spacial score (nSPS) is 14.9. The highest BCUT2D eigenvalue weighted by molar-refractivity contribution is 5.95. The number of nitrogens with zero attached hydrogens (tertiary/aromatic N) is 4. The largest absolute Gasteiger partial charge is 0.416 e. The summed E-state index contributed by atoms with van der Waals surface area (Å²) in [7, 11) is 0. The Kier molecular flexibility index (Phi) is 5.89. The van der Waals surface area contributed by atoms with Crippen molar-refractivity contribution in [2.24, 2.45) is 5.92 Å². The van der Waals surface area contributed by atoms with Crippen molar-refractivity contribution < 1.29 is 27.2 Å². The summed E-state index contributed by atoms with van der Waals surface area (Å²) >= 11 is 0. The lowest BCUT2D eigenvalue weighted by Crippen LogP contribution is -2.41. The molecule has 0 radical (unpaired) electrons. The number of hydrogen-bond donors (Lipinski definition) is 1. The fourth-order valence-electron chi connectivity index (χ4n) is 3.40. The van der Waals surface area contributed by atoms with Crippen LogP contribution in [-0.4, -0.2) is 45.0 Å². The van der Waals surface area contributed by atoms with Crippen LogP contribution in [0.15, 0.2) is 53.1 Å². The van der Waals surface area contributed by atoms with Crippen LogP contribution in [-0.2, 0) is 11.0 Å². The third kappa shape index (κ3) is 4.76. The number of benzene rings is 1. The SMILES string of the molecule is O=C(Nc1nnc(-c2ccccn2)o1)C1CCN(C(=O)c2ccc(C(F)(F)F)cc2)CC1. The number of anilines is 1. The van der Waals surface area contributed by atoms with Gasteiger partial charge in [-0.3, -0.25) is 19.9 Å². The minimum Gasteiger partial charge on any atom is -0.401 e. The average molecular weight is 445 g/mol. The Hall–Kier alpha value is -3.76. The van der Waals surface area contributed by atoms with Gasteiger partial charge in [-0.25, -0.2) is 0 Å². The van der Waals surface area contributed by atoms with Crippen LogP contribution in [0.4, 0.5) is 19.2 Å². The van der Waals surface area contributed by atoms with Gasteiger partial charge in [0.1, 0.15) is 5.69 Å². The molecule has 166 valence electrons. The van der Waals surface area contributed by atoms with E-state index in [-0.39, 0.29) is 35.2 Å². The van der Waals surface area contributed by atoms with Crippen molar-refractivity contribution in [3.63, 3.8) is 0 Å². The van der Waals surface area contributed by atoms with Gasteiger partial charge in [0.05, 0.1) is 5.56 Å². The molecule has 0 saturated carbocycles. The highest BCUT2D eigenvalue weighted by atomic mass is 19.4. The van der Waals surface area contributed by atoms with Gasteiger partial charge in [0, 0.05) is 30.8 Å². The Bertz CT molecular complexity index is 1090. The van der Waals surface area contributed by atoms with Gasteiger partial charge in [-0.15, -0.1) is 5.10 Å². The maximum absolute atomic E-state index is 12.7. The number of pyridine rings is 1. The molecule has 0 atom stereocenters. The van der Waals surface area contributed by atoms with Crippen LogP contribution in [0.25, 0.3) is 11.6 Å². The fourth-order valence-corrected chi connectivity index (χ4v) is 3.40. The molecule has 11 heteroatoms. The quantitative estimate of drug-likeness (QED) is 0.658. The number of carbonyl (C=O) groups excluding carboxylic acids is 2. The van der Waals surface area contributed by atoms with E-state index < -0.39 is 11.7 Å². The van der Waals surface area contributed by atoms with Crippen LogP contribution >= 0.6 is 0 Å². The minimum atomic E-state index is -4.45. The van der Waals surface area contributed by atoms with Crippen LogP contribution in [0, 0.1) is 5.92 Å². The zero-order valence-corrected chi connectivity index (χ0v) is 16.7. The summed E-state index contributed by atoms with van der Waals surface area (Å²) in [5.74, 6) is -0.855. The van der Waals surface area contributed by atoms with E-state index >= 15 is 0 Å². The molecule has 32 heavy (non-hydrogen) atoms. The second-order valence-corrected chi connectivity index (χ2v) is 7.26. The van der Waals surface area contributed by atoms with Gasteiger partial charge >= 0.3 is 12.2 Å². The Morgan fingerprint density at radius 2 is 1.75 bits per heavy atom. The van der Waals surface area contributed by atoms with Gasteiger partial charge in [0.15, 0.2) is 0 Å². The van der Waals surface area contributed by atoms with Crippen molar-refractivity contribution in [3.05, 3.63) is 59.8 Å². The molecule has 2 amide bonds. The van der Waals surface area contributed by atoms with E-state index in [1.165, 1.54) is 17.0 Å². The predicted octanol–water partition coefficient (Wildman–Crippen LogP) is 3.64. The number of halogens is 3. The number of piperidine rings is 1. The molecule has 1 aliphatic rings. The number of aromatic nitrogens is 3. The van der Waals surface area contributed by atoms with Crippen molar-refractivity contribution in [2.75, 3.05) is 18.4 Å². The highest BCUT2D eigenvalue weighted by Gasteiger charge is 2.31. The zero-order chi connectivity index (χ0) is 22.7. The number of amides is 2. The molecule has 2 aromatic heterocycles. The van der Waals surface area contributed by atoms with E-state index in [1.54, 1.807) is 24.4 Å². The van der Waals surface area contributed by atoms with Crippen LogP contribution in [0.5, 0.6) is 0 Å². The standard InChI is InChI=1S/C21H18F3N5O3/c22-21(23,24)15-6-4-14(5-7-15)19(31)29-11-8-13(9-12-29)17(30)26-20-28-27-18(32-20)16-3-1-2-10-25-16/h1-7,10,13H,8-9,11-12H2,(H,26,28,30). The van der Waals surface area contributed by atoms with Gasteiger partial charge in [0.2, 0.25) is 5.91 Å². The van der Waals surface area contributed by atoms with Gasteiger partial charge in [-0.05, 0) is 49.2 Å². The molecule has 0 aliphatic carbocycles. The van der Waals surface area contributed by atoms with E-state index in [2.05, 4.69) is 20.5 Å². The monoisotopic (exact) mass is 445 g/mol. The number of carbonyl (C=O) groups is 2. The molecule has 1 N–H and O–H groups in total. The van der Waals surface area contributed by atoms with E-state index in [1.807, 2.05) is 0 Å². The fraction of sp³-hybridized carbons (Fsp3) is 0.286. The zero-order valence-electron chi connectivity index (χ0n) is 16.7. The second-order valence-electron chi connectivity index (χ2n) is 7.26. The smallest absolute Gasteiger partial charge is 0.401 e. The third-order valence-corrected chi connectivity index (χ3v) is 5.15. The van der Waals surface area contributed by atoms with E-state index in [9.17, 15) is 22.8 Å². The van der Waals surface area contributed by atoms with E-state index in [0.29, 0.717) is 31.6 Å². The van der Waals surface area contributed by atoms with Gasteiger partial charge < -0.3 is 9.32 Å². The summed E-state index contributed by atoms with van der Waals surface area (Å²) in [6.07, 6.45) is -2.07. The van der Waals surface area contributed by atoms with Crippen molar-refractivity contribution in [2.45, 2.75) is 19.0 Å². The number of nitrogens with one attached hydrogen (secondary N) is 1. The van der Waals surface area contributed by atoms with Gasteiger partial charge in [-0.2, -0.15) is 13.2 Å². The summed E-state index contributed by atoms with van der Waals surface area (Å²) in [6.45, 7) is 0.613. The average Bonchev–Trinajstić information content (AvgIpc) is 3.27. The Balaban J connectivity index is 1.31. The van der Waals surface area contributed by atoms with E-state index in [4.69, 9.17) is 4.42 Å². The van der Waals surface area contributed by atoms with Crippen LogP contribution in [0.3, 0.4) is 0 Å². The topological polar surface area (TPSA) is 101 Å². The molecule has 0 bridgehead atoms. The molecule has 8 nitrogen and oxygen atoms in total. The summed E-state index contributed by atoms with van der Waals surface area (Å²) in [5.41, 5.74) is -0.152. The van der Waals surface area contributed by atoms with E-state index in [0.717, 1.165) is 12.1 Å². The van der Waals surface area contributed by atoms with Crippen LogP contribution < -0.4 is 5.32 Å². The first kappa shape index (κ1) is 21.5. The molecule has 1 saturated heterocycles. The summed E-state index contributed by atoms with van der Waals surface area (Å²) < 4.78 is 43.5. The van der Waals surface area contributed by atoms with Crippen LogP contribution in [0.1, 0.15) is 28.8 Å². The summed E-state index contributed by atoms with van der Waals surface area (Å²) in [6, 6.07) is 9.27. The molecular formula is C21H18F3N5O3.